The van der Waals surface area contributed by atoms with Crippen molar-refractivity contribution in [2.45, 2.75) is 0 Å². The normalized spacial score (nSPS) is 9.67. The Balaban J connectivity index is 2.50. The van der Waals surface area contributed by atoms with Gasteiger partial charge >= 0.3 is 0 Å². The van der Waals surface area contributed by atoms with E-state index in [2.05, 4.69) is 12.6 Å². The van der Waals surface area contributed by atoms with Crippen LogP contribution in [0.25, 0.3) is 5.57 Å². The Morgan fingerprint density at radius 1 is 1.04 bits per heavy atom. The monoisotopic (exact) mass is 319 g/mol. The number of carbonyl (C=O) groups excluding carboxylic acids is 1. The highest BCUT2D eigenvalue weighted by Crippen LogP contribution is 2.30. The summed E-state index contributed by atoms with van der Waals surface area (Å²) in [5.41, 5.74) is 2.62. The molecule has 24 heavy (non-hydrogen) atoms. The number of aliphatic hydroxyl groups is 1. The van der Waals surface area contributed by atoms with Crippen molar-refractivity contribution in [2.24, 2.45) is 0 Å². The van der Waals surface area contributed by atoms with Gasteiger partial charge in [0.05, 0.1) is 0 Å². The maximum absolute atomic E-state index is 11.2. The van der Waals surface area contributed by atoms with E-state index in [1.165, 1.54) is 0 Å². The highest BCUT2D eigenvalue weighted by atomic mass is 16.5. The number of nitrogens with zero attached hydrogens (tertiary/aromatic N) is 1. The molecule has 0 aliphatic carbocycles. The van der Waals surface area contributed by atoms with E-state index in [0.29, 0.717) is 5.57 Å². The number of aliphatic hydroxyl groups excluding tert-OH is 1. The van der Waals surface area contributed by atoms with E-state index < -0.39 is 12.4 Å². The third kappa shape index (κ3) is 4.19. The molecule has 0 saturated heterocycles. The Morgan fingerprint density at radius 3 is 1.96 bits per heavy atom. The van der Waals surface area contributed by atoms with Gasteiger partial charge in [-0.1, -0.05) is 67.2 Å². The molecular weight excluding hydrogens is 302 g/mol. The summed E-state index contributed by atoms with van der Waals surface area (Å²) in [6.07, 6.45) is 0. The summed E-state index contributed by atoms with van der Waals surface area (Å²) in [5, 5.41) is 18.4. The first-order valence-electron chi connectivity index (χ1n) is 7.37. The Kier molecular flexibility index (Phi) is 6.07. The number of nitriles is 1. The molecule has 0 saturated carbocycles. The summed E-state index contributed by atoms with van der Waals surface area (Å²) in [5.74, 6) is -0.378. The maximum atomic E-state index is 11.2. The number of carbonyl (C=O) groups is 1. The van der Waals surface area contributed by atoms with Crippen molar-refractivity contribution in [1.29, 1.82) is 5.26 Å². The van der Waals surface area contributed by atoms with E-state index in [4.69, 9.17) is 9.84 Å². The zero-order valence-corrected chi connectivity index (χ0v) is 13.1. The van der Waals surface area contributed by atoms with Crippen LogP contribution in [0.4, 0.5) is 0 Å². The average Bonchev–Trinajstić information content (AvgIpc) is 2.65. The fourth-order valence-corrected chi connectivity index (χ4v) is 2.21. The lowest BCUT2D eigenvalue weighted by molar-refractivity contribution is -0.124. The lowest BCUT2D eigenvalue weighted by Gasteiger charge is -2.14. The lowest BCUT2D eigenvalue weighted by Crippen LogP contribution is -2.13. The van der Waals surface area contributed by atoms with Crippen LogP contribution in [0, 0.1) is 11.3 Å². The van der Waals surface area contributed by atoms with E-state index in [1.54, 1.807) is 0 Å². The van der Waals surface area contributed by atoms with Crippen LogP contribution in [0.2, 0.25) is 0 Å². The van der Waals surface area contributed by atoms with Crippen molar-refractivity contribution in [3.63, 3.8) is 0 Å². The van der Waals surface area contributed by atoms with Crippen LogP contribution in [0.3, 0.4) is 0 Å². The minimum absolute atomic E-state index is 0.0991. The first kappa shape index (κ1) is 17.2. The molecule has 0 amide bonds. The van der Waals surface area contributed by atoms with Gasteiger partial charge in [-0.2, -0.15) is 5.26 Å². The Bertz CT molecular complexity index is 745. The molecule has 2 aromatic rings. The largest absolute Gasteiger partial charge is 0.485 e. The van der Waals surface area contributed by atoms with Crippen molar-refractivity contribution in [1.82, 2.24) is 0 Å². The molecule has 0 fully saturated rings. The second-order valence-corrected chi connectivity index (χ2v) is 5.00. The smallest absolute Gasteiger partial charge is 0.195 e. The second kappa shape index (κ2) is 8.47. The molecular formula is C20H17NO3. The summed E-state index contributed by atoms with van der Waals surface area (Å²) < 4.78 is 5.29. The third-order valence-corrected chi connectivity index (χ3v) is 3.35. The van der Waals surface area contributed by atoms with Crippen LogP contribution < -0.4 is 0 Å². The SMILES string of the molecule is C=C(OCC(=O)CO)C(C#N)=C(c1ccccc1)c1ccccc1. The van der Waals surface area contributed by atoms with E-state index >= 15 is 0 Å². The van der Waals surface area contributed by atoms with Gasteiger partial charge in [0.2, 0.25) is 0 Å². The van der Waals surface area contributed by atoms with Crippen LogP contribution in [-0.2, 0) is 9.53 Å². The first-order chi connectivity index (χ1) is 11.7. The summed E-state index contributed by atoms with van der Waals surface area (Å²) >= 11 is 0. The number of benzene rings is 2. The molecule has 0 aromatic heterocycles. The number of allylic oxidation sites excluding steroid dienone is 1. The fraction of sp³-hybridized carbons (Fsp3) is 0.100. The average molecular weight is 319 g/mol. The molecule has 120 valence electrons. The van der Waals surface area contributed by atoms with Crippen molar-refractivity contribution < 1.29 is 14.6 Å². The maximum Gasteiger partial charge on any atom is 0.195 e. The molecule has 4 nitrogen and oxygen atoms in total. The fourth-order valence-electron chi connectivity index (χ4n) is 2.21. The predicted molar refractivity (Wildman–Crippen MR) is 91.7 cm³/mol. The number of Topliss-reactive ketones (excluding diaryl/α,β-unsaturated/α-hetero) is 1. The number of hydrogen-bond acceptors (Lipinski definition) is 4. The van der Waals surface area contributed by atoms with Gasteiger partial charge in [-0.3, -0.25) is 4.79 Å². The number of rotatable bonds is 7. The van der Waals surface area contributed by atoms with E-state index in [0.717, 1.165) is 11.1 Å². The highest BCUT2D eigenvalue weighted by molar-refractivity contribution is 5.86. The van der Waals surface area contributed by atoms with E-state index in [9.17, 15) is 10.1 Å². The Labute approximate surface area is 140 Å². The molecule has 0 radical (unpaired) electrons. The zero-order chi connectivity index (χ0) is 17.4. The Hall–Kier alpha value is -3.16. The van der Waals surface area contributed by atoms with Gasteiger partial charge in [0.15, 0.2) is 5.78 Å². The van der Waals surface area contributed by atoms with Gasteiger partial charge in [0.25, 0.3) is 0 Å². The van der Waals surface area contributed by atoms with E-state index in [1.807, 2.05) is 60.7 Å². The number of ether oxygens (including phenoxy) is 1. The van der Waals surface area contributed by atoms with Crippen molar-refractivity contribution in [2.75, 3.05) is 13.2 Å². The van der Waals surface area contributed by atoms with Crippen molar-refractivity contribution in [3.05, 3.63) is 89.7 Å². The van der Waals surface area contributed by atoms with Gasteiger partial charge in [-0.25, -0.2) is 0 Å². The summed E-state index contributed by atoms with van der Waals surface area (Å²) in [4.78, 5) is 11.2. The molecule has 0 atom stereocenters. The van der Waals surface area contributed by atoms with Crippen LogP contribution in [0.15, 0.2) is 78.6 Å². The Morgan fingerprint density at radius 2 is 1.54 bits per heavy atom. The van der Waals surface area contributed by atoms with Gasteiger partial charge in [-0.15, -0.1) is 0 Å². The zero-order valence-electron chi connectivity index (χ0n) is 13.1. The van der Waals surface area contributed by atoms with Gasteiger partial charge in [-0.05, 0) is 11.1 Å². The molecule has 0 spiro atoms. The topological polar surface area (TPSA) is 70.3 Å². The van der Waals surface area contributed by atoms with Crippen LogP contribution in [0.1, 0.15) is 11.1 Å². The molecule has 0 unspecified atom stereocenters. The number of hydrogen-bond donors (Lipinski definition) is 1. The summed E-state index contributed by atoms with van der Waals surface area (Å²) in [6, 6.07) is 21.0. The predicted octanol–water partition coefficient (Wildman–Crippen LogP) is 3.10. The summed E-state index contributed by atoms with van der Waals surface area (Å²) in [7, 11) is 0. The van der Waals surface area contributed by atoms with Gasteiger partial charge < -0.3 is 9.84 Å². The molecule has 1 N–H and O–H groups in total. The van der Waals surface area contributed by atoms with Gasteiger partial charge in [0, 0.05) is 5.57 Å². The number of ketones is 1. The molecule has 0 heterocycles. The standard InChI is InChI=1S/C20H17NO3/c1-15(24-14-18(23)13-22)19(12-21)20(16-8-4-2-5-9-16)17-10-6-3-7-11-17/h2-11,22H,1,13-14H2. The van der Waals surface area contributed by atoms with E-state index in [-0.39, 0.29) is 17.9 Å². The van der Waals surface area contributed by atoms with Crippen LogP contribution in [-0.4, -0.2) is 24.1 Å². The molecule has 2 rings (SSSR count). The van der Waals surface area contributed by atoms with Crippen molar-refractivity contribution >= 4 is 11.4 Å². The van der Waals surface area contributed by atoms with Gasteiger partial charge in [0.1, 0.15) is 30.6 Å². The third-order valence-electron chi connectivity index (χ3n) is 3.35. The molecule has 0 aliphatic rings. The van der Waals surface area contributed by atoms with Crippen LogP contribution >= 0.6 is 0 Å². The quantitative estimate of drug-likeness (QED) is 0.483. The summed E-state index contributed by atoms with van der Waals surface area (Å²) in [6.45, 7) is 2.84. The van der Waals surface area contributed by atoms with Crippen molar-refractivity contribution in [3.8, 4) is 6.07 Å². The lowest BCUT2D eigenvalue weighted by atomic mass is 9.93. The first-order valence-corrected chi connectivity index (χ1v) is 7.37. The molecule has 2 aromatic carbocycles. The molecule has 0 aliphatic heterocycles. The highest BCUT2D eigenvalue weighted by Gasteiger charge is 2.16. The molecule has 4 heteroatoms. The van der Waals surface area contributed by atoms with Crippen LogP contribution in [0.5, 0.6) is 0 Å². The minimum atomic E-state index is -0.608. The minimum Gasteiger partial charge on any atom is -0.485 e. The second-order valence-electron chi connectivity index (χ2n) is 5.00. The molecule has 0 bridgehead atoms.